The maximum Gasteiger partial charge on any atom is 0.150 e. The Kier molecular flexibility index (Phi) is 5.53. The summed E-state index contributed by atoms with van der Waals surface area (Å²) >= 11 is 8.51. The Labute approximate surface area is 270 Å². The van der Waals surface area contributed by atoms with Crippen molar-refractivity contribution in [3.05, 3.63) is 101 Å². The first-order chi connectivity index (χ1) is 21.4. The van der Waals surface area contributed by atoms with Gasteiger partial charge in [0.25, 0.3) is 0 Å². The highest BCUT2D eigenvalue weighted by Gasteiger charge is 2.38. The second-order valence-electron chi connectivity index (χ2n) is 10.8. The van der Waals surface area contributed by atoms with Gasteiger partial charge in [0.2, 0.25) is 0 Å². The molecule has 6 heterocycles. The van der Waals surface area contributed by atoms with Gasteiger partial charge >= 0.3 is 0 Å². The summed E-state index contributed by atoms with van der Waals surface area (Å²) in [5.74, 6) is -1.09. The summed E-state index contributed by atoms with van der Waals surface area (Å²) in [5, 5.41) is 2.85. The predicted octanol–water partition coefficient (Wildman–Crippen LogP) is 13.9. The lowest BCUT2D eigenvalue weighted by Gasteiger charge is -2.10. The van der Waals surface area contributed by atoms with Gasteiger partial charge in [-0.05, 0) is 36.4 Å². The second-order valence-corrected chi connectivity index (χ2v) is 17.3. The third kappa shape index (κ3) is 3.49. The highest BCUT2D eigenvalue weighted by atomic mass is 32.2. The zero-order valence-electron chi connectivity index (χ0n) is 22.0. The van der Waals surface area contributed by atoms with Gasteiger partial charge in [0, 0.05) is 60.9 Å². The molecule has 2 atom stereocenters. The summed E-state index contributed by atoms with van der Waals surface area (Å²) < 4.78 is 69.1. The Bertz CT molecular complexity index is 2670. The zero-order valence-corrected chi connectivity index (χ0v) is 26.9. The molecule has 0 fully saturated rings. The Morgan fingerprint density at radius 1 is 0.500 bits per heavy atom. The van der Waals surface area contributed by atoms with E-state index in [1.807, 2.05) is 48.5 Å². The average Bonchev–Trinajstić information content (AvgIpc) is 3.86. The Balaban J connectivity index is 1.09. The first-order valence-corrected chi connectivity index (χ1v) is 18.6. The van der Waals surface area contributed by atoms with Crippen LogP contribution in [0.25, 0.3) is 69.6 Å². The van der Waals surface area contributed by atoms with Crippen LogP contribution in [-0.4, -0.2) is 0 Å². The van der Waals surface area contributed by atoms with Crippen molar-refractivity contribution < 1.29 is 17.6 Å². The molecule has 0 saturated heterocycles. The van der Waals surface area contributed by atoms with E-state index < -0.39 is 17.2 Å². The molecule has 1 aliphatic heterocycles. The topological polar surface area (TPSA) is 0 Å². The molecule has 0 amide bonds. The molecule has 0 spiro atoms. The van der Waals surface area contributed by atoms with Crippen LogP contribution in [0.3, 0.4) is 0 Å². The summed E-state index contributed by atoms with van der Waals surface area (Å²) in [6.45, 7) is 0. The van der Waals surface area contributed by atoms with Crippen LogP contribution in [0.5, 0.6) is 0 Å². The number of hydrogen-bond acceptors (Lipinski definition) is 6. The lowest BCUT2D eigenvalue weighted by molar-refractivity contribution is 0.339. The summed E-state index contributed by atoms with van der Waals surface area (Å²) in [7, 11) is 0. The molecule has 214 valence electrons. The monoisotopic (exact) mass is 690 g/mol. The van der Waals surface area contributed by atoms with Crippen molar-refractivity contribution in [1.29, 1.82) is 0 Å². The number of thioether (sulfide) groups is 1. The Morgan fingerprint density at radius 2 is 1.07 bits per heavy atom. The Hall–Kier alpha value is -2.99. The standard InChI is InChI=1S/C34H14F4S6/c35-25-13-5-1-3-7-19(13)39-31(25)33-27(37)15-9-17-23(11-21(15)43-33)41-30-18-10-16-22(12-24(18)42-29(17)30)44-34(28(16)38)32-26(36)14-6-2-4-8-20(14)40-32/h1-12,27,33H. The molecule has 4 aromatic carbocycles. The molecule has 0 saturated carbocycles. The maximum absolute atomic E-state index is 16.0. The van der Waals surface area contributed by atoms with Crippen molar-refractivity contribution in [2.75, 3.05) is 0 Å². The molecule has 0 aliphatic carbocycles. The van der Waals surface area contributed by atoms with E-state index in [1.54, 1.807) is 46.9 Å². The fourth-order valence-electron chi connectivity index (χ4n) is 6.25. The van der Waals surface area contributed by atoms with Crippen molar-refractivity contribution in [2.45, 2.75) is 16.3 Å². The normalized spacial score (nSPS) is 17.0. The van der Waals surface area contributed by atoms with E-state index in [9.17, 15) is 0 Å². The number of benzene rings is 4. The van der Waals surface area contributed by atoms with E-state index in [0.29, 0.717) is 36.4 Å². The molecule has 2 unspecified atom stereocenters. The van der Waals surface area contributed by atoms with Crippen LogP contribution in [0.1, 0.15) is 21.9 Å². The highest BCUT2D eigenvalue weighted by molar-refractivity contribution is 8.00. The first-order valence-electron chi connectivity index (χ1n) is 13.6. The third-order valence-electron chi connectivity index (χ3n) is 8.34. The van der Waals surface area contributed by atoms with E-state index in [-0.39, 0.29) is 11.6 Å². The number of fused-ring (bicyclic) bond motifs is 9. The van der Waals surface area contributed by atoms with Crippen molar-refractivity contribution in [2.24, 2.45) is 0 Å². The van der Waals surface area contributed by atoms with Gasteiger partial charge in [-0.15, -0.1) is 68.4 Å². The Morgan fingerprint density at radius 3 is 1.77 bits per heavy atom. The minimum Gasteiger partial charge on any atom is -0.241 e. The van der Waals surface area contributed by atoms with Crippen molar-refractivity contribution in [1.82, 2.24) is 0 Å². The van der Waals surface area contributed by atoms with Gasteiger partial charge in [-0.3, -0.25) is 0 Å². The van der Waals surface area contributed by atoms with E-state index in [2.05, 4.69) is 0 Å². The SMILES string of the molecule is Fc1c(-c2sc3cc4sc5c6cc7c(cc6sc5c4cc3c2F)SC(c2sc3ccccc3c2F)C7F)sc2ccccc12. The van der Waals surface area contributed by atoms with Gasteiger partial charge in [0.05, 0.1) is 29.3 Å². The largest absolute Gasteiger partial charge is 0.241 e. The number of rotatable bonds is 2. The molecular weight excluding hydrogens is 677 g/mol. The molecular formula is C34H14F4S6. The summed E-state index contributed by atoms with van der Waals surface area (Å²) in [6, 6.07) is 22.4. The maximum atomic E-state index is 16.0. The van der Waals surface area contributed by atoms with Crippen LogP contribution in [0.2, 0.25) is 0 Å². The van der Waals surface area contributed by atoms with E-state index in [4.69, 9.17) is 0 Å². The van der Waals surface area contributed by atoms with Gasteiger partial charge in [-0.25, -0.2) is 17.6 Å². The van der Waals surface area contributed by atoms with Crippen LogP contribution >= 0.6 is 68.4 Å². The lowest BCUT2D eigenvalue weighted by Crippen LogP contribution is -1.97. The quantitative estimate of drug-likeness (QED) is 0.163. The van der Waals surface area contributed by atoms with E-state index in [1.165, 1.54) is 45.8 Å². The molecule has 5 aromatic heterocycles. The highest BCUT2D eigenvalue weighted by Crippen LogP contribution is 2.59. The molecule has 0 nitrogen and oxygen atoms in total. The second kappa shape index (κ2) is 9.28. The molecule has 9 aromatic rings. The fraction of sp³-hybridized carbons (Fsp3) is 0.0588. The molecule has 1 aliphatic rings. The van der Waals surface area contributed by atoms with Gasteiger partial charge in [0.1, 0.15) is 12.0 Å². The molecule has 0 N–H and O–H groups in total. The molecule has 10 heteroatoms. The van der Waals surface area contributed by atoms with Crippen LogP contribution in [0.15, 0.2) is 77.7 Å². The first kappa shape index (κ1) is 26.2. The summed E-state index contributed by atoms with van der Waals surface area (Å²) in [5.41, 5.74) is 0.601. The minimum absolute atomic E-state index is 0.322. The van der Waals surface area contributed by atoms with Gasteiger partial charge in [0.15, 0.2) is 11.6 Å². The number of alkyl halides is 1. The smallest absolute Gasteiger partial charge is 0.150 e. The molecule has 44 heavy (non-hydrogen) atoms. The van der Waals surface area contributed by atoms with Crippen LogP contribution in [0, 0.1) is 17.5 Å². The lowest BCUT2D eigenvalue weighted by atomic mass is 10.0. The third-order valence-corrected chi connectivity index (χ3v) is 16.0. The predicted molar refractivity (Wildman–Crippen MR) is 185 cm³/mol. The fourth-order valence-corrected chi connectivity index (χ4v) is 14.0. The average molecular weight is 691 g/mol. The molecule has 10 rings (SSSR count). The molecule has 0 radical (unpaired) electrons. The number of halogens is 4. The molecule has 0 bridgehead atoms. The summed E-state index contributed by atoms with van der Waals surface area (Å²) in [6.07, 6.45) is -1.32. The van der Waals surface area contributed by atoms with Crippen molar-refractivity contribution in [3.8, 4) is 9.75 Å². The zero-order chi connectivity index (χ0) is 29.4. The van der Waals surface area contributed by atoms with Gasteiger partial charge in [-0.1, -0.05) is 36.4 Å². The van der Waals surface area contributed by atoms with Crippen molar-refractivity contribution >= 4 is 128 Å². The van der Waals surface area contributed by atoms with E-state index >= 15 is 17.6 Å². The van der Waals surface area contributed by atoms with Gasteiger partial charge in [-0.2, -0.15) is 0 Å². The van der Waals surface area contributed by atoms with Gasteiger partial charge < -0.3 is 0 Å². The van der Waals surface area contributed by atoms with Crippen LogP contribution < -0.4 is 0 Å². The van der Waals surface area contributed by atoms with Crippen LogP contribution in [-0.2, 0) is 0 Å². The summed E-state index contributed by atoms with van der Waals surface area (Å²) in [4.78, 5) is 1.96. The van der Waals surface area contributed by atoms with E-state index in [0.717, 1.165) is 48.6 Å². The minimum atomic E-state index is -1.32. The number of thiophene rings is 5. The van der Waals surface area contributed by atoms with Crippen molar-refractivity contribution in [3.63, 3.8) is 0 Å². The number of hydrogen-bond donors (Lipinski definition) is 0. The van der Waals surface area contributed by atoms with Crippen LogP contribution in [0.4, 0.5) is 17.6 Å².